The van der Waals surface area contributed by atoms with Gasteiger partial charge < -0.3 is 30.4 Å². The fourth-order valence-electron chi connectivity index (χ4n) is 9.69. The Hall–Kier alpha value is -3.83. The number of aliphatic hydroxyl groups excluding tert-OH is 1. The maximum absolute atomic E-state index is 13.5. The van der Waals surface area contributed by atoms with Crippen LogP contribution < -0.4 is 5.32 Å². The lowest BCUT2D eigenvalue weighted by atomic mass is 9.45. The molecule has 6 rings (SSSR count). The van der Waals surface area contributed by atoms with Gasteiger partial charge in [-0.1, -0.05) is 37.6 Å². The van der Waals surface area contributed by atoms with E-state index >= 15 is 0 Å². The number of carboxylic acid groups (broad SMARTS) is 1. The third-order valence-electron chi connectivity index (χ3n) is 12.2. The number of allylic oxidation sites excluding steroid dienone is 1. The Labute approximate surface area is 273 Å². The Balaban J connectivity index is 1.03. The van der Waals surface area contributed by atoms with Crippen LogP contribution in [-0.4, -0.2) is 74.1 Å². The van der Waals surface area contributed by atoms with Gasteiger partial charge in [-0.3, -0.25) is 19.2 Å². The average Bonchev–Trinajstić information content (AvgIpc) is 3.56. The molecule has 0 aliphatic heterocycles. The number of carbonyl (C=O) groups excluding carboxylic acids is 4. The highest BCUT2D eigenvalue weighted by molar-refractivity contribution is 5.92. The highest BCUT2D eigenvalue weighted by atomic mass is 16.5. The Morgan fingerprint density at radius 3 is 2.62 bits per heavy atom. The van der Waals surface area contributed by atoms with Crippen LogP contribution in [0.3, 0.4) is 0 Å². The number of carbonyl (C=O) groups is 5. The number of hydrogen-bond acceptors (Lipinski definition) is 8. The second-order valence-electron chi connectivity index (χ2n) is 14.6. The molecular weight excluding hydrogens is 604 g/mol. The summed E-state index contributed by atoms with van der Waals surface area (Å²) >= 11 is 0. The van der Waals surface area contributed by atoms with E-state index in [9.17, 15) is 39.3 Å². The molecule has 3 saturated carbocycles. The van der Waals surface area contributed by atoms with Crippen molar-refractivity contribution >= 4 is 40.3 Å². The molecule has 0 bridgehead atoms. The monoisotopic (exact) mass is 648 g/mol. The van der Waals surface area contributed by atoms with Crippen LogP contribution in [0.15, 0.2) is 42.1 Å². The van der Waals surface area contributed by atoms with Crippen molar-refractivity contribution in [3.05, 3.63) is 47.7 Å². The Morgan fingerprint density at radius 2 is 1.85 bits per heavy atom. The van der Waals surface area contributed by atoms with Crippen LogP contribution in [0.25, 0.3) is 10.9 Å². The molecule has 2 aromatic rings. The lowest BCUT2D eigenvalue weighted by Gasteiger charge is -2.60. The number of H-pyrrole nitrogens is 1. The second-order valence-corrected chi connectivity index (χ2v) is 14.6. The Morgan fingerprint density at radius 1 is 1.09 bits per heavy atom. The van der Waals surface area contributed by atoms with Gasteiger partial charge in [-0.25, -0.2) is 4.79 Å². The maximum atomic E-state index is 13.5. The zero-order chi connectivity index (χ0) is 33.7. The number of ketones is 2. The van der Waals surface area contributed by atoms with Crippen LogP contribution >= 0.6 is 0 Å². The predicted octanol–water partition coefficient (Wildman–Crippen LogP) is 3.41. The molecule has 4 aliphatic rings. The number of aliphatic hydroxyl groups is 2. The van der Waals surface area contributed by atoms with Gasteiger partial charge in [0, 0.05) is 41.8 Å². The van der Waals surface area contributed by atoms with Crippen molar-refractivity contribution in [1.82, 2.24) is 10.3 Å². The number of Topliss-reactive ketones (excluding diaryl/α,β-unsaturated/α-hetero) is 1. The van der Waals surface area contributed by atoms with E-state index < -0.39 is 53.4 Å². The zero-order valence-electron chi connectivity index (χ0n) is 26.9. The van der Waals surface area contributed by atoms with Gasteiger partial charge in [-0.2, -0.15) is 0 Å². The van der Waals surface area contributed by atoms with Crippen LogP contribution in [0.5, 0.6) is 0 Å². The van der Waals surface area contributed by atoms with E-state index in [2.05, 4.69) is 17.2 Å². The molecule has 11 heteroatoms. The average molecular weight is 649 g/mol. The van der Waals surface area contributed by atoms with Gasteiger partial charge in [0.2, 0.25) is 11.7 Å². The molecule has 1 aromatic heterocycles. The molecule has 11 nitrogen and oxygen atoms in total. The van der Waals surface area contributed by atoms with Crippen molar-refractivity contribution in [2.45, 2.75) is 95.8 Å². The van der Waals surface area contributed by atoms with E-state index in [0.29, 0.717) is 19.3 Å². The van der Waals surface area contributed by atoms with Crippen molar-refractivity contribution in [3.63, 3.8) is 0 Å². The van der Waals surface area contributed by atoms with Crippen molar-refractivity contribution in [3.8, 4) is 0 Å². The largest absolute Gasteiger partial charge is 0.480 e. The van der Waals surface area contributed by atoms with Crippen LogP contribution in [0.1, 0.15) is 77.2 Å². The zero-order valence-corrected chi connectivity index (χ0v) is 26.9. The molecule has 0 radical (unpaired) electrons. The number of fused-ring (bicyclic) bond motifs is 6. The van der Waals surface area contributed by atoms with Gasteiger partial charge in [0.1, 0.15) is 11.6 Å². The molecule has 1 heterocycles. The summed E-state index contributed by atoms with van der Waals surface area (Å²) in [6.07, 6.45) is 5.80. The minimum Gasteiger partial charge on any atom is -0.480 e. The number of para-hydroxylation sites is 1. The number of ether oxygens (including phenoxy) is 1. The van der Waals surface area contributed by atoms with E-state index in [4.69, 9.17) is 4.74 Å². The number of esters is 1. The van der Waals surface area contributed by atoms with Crippen LogP contribution in [0.4, 0.5) is 0 Å². The highest BCUT2D eigenvalue weighted by Crippen LogP contribution is 2.67. The first-order valence-corrected chi connectivity index (χ1v) is 16.7. The first kappa shape index (κ1) is 33.1. The third kappa shape index (κ3) is 5.71. The minimum atomic E-state index is -1.78. The quantitative estimate of drug-likeness (QED) is 0.241. The molecule has 4 aliphatic carbocycles. The van der Waals surface area contributed by atoms with Gasteiger partial charge in [0.15, 0.2) is 12.4 Å². The molecule has 47 heavy (non-hydrogen) atoms. The van der Waals surface area contributed by atoms with Crippen molar-refractivity contribution < 1.29 is 44.0 Å². The van der Waals surface area contributed by atoms with E-state index in [1.165, 1.54) is 0 Å². The van der Waals surface area contributed by atoms with Crippen molar-refractivity contribution in [2.75, 3.05) is 6.61 Å². The third-order valence-corrected chi connectivity index (χ3v) is 12.2. The number of aromatic nitrogens is 1. The standard InChI is InChI=1S/C36H44N2O9/c1-34-13-11-22(39)16-21(34)7-8-24-25-12-14-36(46,35(25,2)17-28(40)32(24)34)29(41)19-47-31(43)10-9-30(42)38-27(33(44)45)15-20-18-37-26-6-4-3-5-23(20)26/h3-6,16,18,24-25,27-28,32,37,40,46H,7-15,17,19H2,1-2H3,(H,38,42)(H,44,45)/t24-,25-,27?,28+,32+,34-,35-,36-/m0/s1. The molecule has 0 saturated heterocycles. The number of hydrogen-bond donors (Lipinski definition) is 5. The minimum absolute atomic E-state index is 0.00770. The molecule has 3 fully saturated rings. The summed E-state index contributed by atoms with van der Waals surface area (Å²) in [5, 5.41) is 36.5. The smallest absolute Gasteiger partial charge is 0.326 e. The number of nitrogens with one attached hydrogen (secondary N) is 2. The normalized spacial score (nSPS) is 33.6. The summed E-state index contributed by atoms with van der Waals surface area (Å²) in [6.45, 7) is 3.35. The number of aromatic amines is 1. The van der Waals surface area contributed by atoms with Crippen LogP contribution in [0, 0.1) is 28.6 Å². The van der Waals surface area contributed by atoms with E-state index in [0.717, 1.165) is 34.9 Å². The van der Waals surface area contributed by atoms with E-state index in [-0.39, 0.29) is 61.1 Å². The topological polar surface area (TPSA) is 183 Å². The molecule has 1 unspecified atom stereocenters. The second kappa shape index (κ2) is 12.3. The maximum Gasteiger partial charge on any atom is 0.326 e. The lowest BCUT2D eigenvalue weighted by molar-refractivity contribution is -0.184. The van der Waals surface area contributed by atoms with Gasteiger partial charge >= 0.3 is 11.9 Å². The molecule has 8 atom stereocenters. The molecular formula is C36H44N2O9. The number of rotatable bonds is 10. The number of benzene rings is 1. The van der Waals surface area contributed by atoms with Gasteiger partial charge in [0.25, 0.3) is 0 Å². The summed E-state index contributed by atoms with van der Waals surface area (Å²) in [4.78, 5) is 65.8. The van der Waals surface area contributed by atoms with Crippen molar-refractivity contribution in [1.29, 1.82) is 0 Å². The lowest BCUT2D eigenvalue weighted by Crippen LogP contribution is -2.62. The number of carboxylic acids is 1. The molecule has 0 spiro atoms. The molecule has 1 aromatic carbocycles. The first-order valence-electron chi connectivity index (χ1n) is 16.7. The SMILES string of the molecule is C[C@]12CCC(=O)C=C1CC[C@@H]1[C@@H]2[C@H](O)C[C@@]2(C)[C@H]1CC[C@]2(O)C(=O)COC(=O)CCC(=O)NC(Cc1c[nH]c2ccccc12)C(=O)O. The van der Waals surface area contributed by atoms with Gasteiger partial charge in [-0.05, 0) is 79.4 Å². The summed E-state index contributed by atoms with van der Waals surface area (Å²) in [7, 11) is 0. The highest BCUT2D eigenvalue weighted by Gasteiger charge is 2.68. The summed E-state index contributed by atoms with van der Waals surface area (Å²) < 4.78 is 5.22. The van der Waals surface area contributed by atoms with E-state index in [1.54, 1.807) is 12.3 Å². The Kier molecular flexibility index (Phi) is 8.67. The predicted molar refractivity (Wildman–Crippen MR) is 170 cm³/mol. The number of amides is 1. The molecule has 1 amide bonds. The van der Waals surface area contributed by atoms with Crippen molar-refractivity contribution in [2.24, 2.45) is 28.6 Å². The Bertz CT molecular complexity index is 1650. The van der Waals surface area contributed by atoms with Gasteiger partial charge in [-0.15, -0.1) is 0 Å². The summed E-state index contributed by atoms with van der Waals surface area (Å²) in [5.74, 6) is -3.12. The number of aliphatic carboxylic acids is 1. The van der Waals surface area contributed by atoms with Gasteiger partial charge in [0.05, 0.1) is 12.5 Å². The van der Waals surface area contributed by atoms with E-state index in [1.807, 2.05) is 31.2 Å². The summed E-state index contributed by atoms with van der Waals surface area (Å²) in [5.41, 5.74) is -0.282. The fraction of sp³-hybridized carbons (Fsp3) is 0.583. The molecule has 252 valence electrons. The van der Waals surface area contributed by atoms with Crippen LogP contribution in [0.2, 0.25) is 0 Å². The summed E-state index contributed by atoms with van der Waals surface area (Å²) in [6, 6.07) is 6.22. The van der Waals surface area contributed by atoms with Crippen LogP contribution in [-0.2, 0) is 35.1 Å². The molecule has 5 N–H and O–H groups in total. The fourth-order valence-corrected chi connectivity index (χ4v) is 9.69. The first-order chi connectivity index (χ1) is 22.3.